The van der Waals surface area contributed by atoms with Gasteiger partial charge in [0.25, 0.3) is 5.56 Å². The number of hydrogen-bond acceptors (Lipinski definition) is 9. The minimum Gasteiger partial charge on any atom is -0.507 e. The SMILES string of the molecule is COc1cc2nc(CCn3c(=O)n4n(c3=O)[C@@H]3CC5=C(C(=O)C=C(Br)C5=O)[C@@H](c5cc(C)c(O)c(C)c5)C3=CC4)c(=O)n(C)c2cc1OC. The van der Waals surface area contributed by atoms with Crippen molar-refractivity contribution in [1.29, 1.82) is 0 Å². The third-order valence-electron chi connectivity index (χ3n) is 9.75. The molecule has 2 aromatic carbocycles. The minimum absolute atomic E-state index is 0.00418. The van der Waals surface area contributed by atoms with Crippen molar-refractivity contribution in [3.8, 4) is 17.2 Å². The molecule has 3 heterocycles. The van der Waals surface area contributed by atoms with Gasteiger partial charge >= 0.3 is 11.4 Å². The van der Waals surface area contributed by atoms with Gasteiger partial charge in [-0.1, -0.05) is 18.2 Å². The van der Waals surface area contributed by atoms with Gasteiger partial charge in [-0.2, -0.15) is 0 Å². The summed E-state index contributed by atoms with van der Waals surface area (Å²) in [6, 6.07) is 6.15. The number of allylic oxidation sites excluding steroid dienone is 6. The molecule has 0 fully saturated rings. The van der Waals surface area contributed by atoms with Crippen LogP contribution in [0, 0.1) is 13.8 Å². The van der Waals surface area contributed by atoms with E-state index in [9.17, 15) is 29.1 Å². The van der Waals surface area contributed by atoms with Crippen LogP contribution in [0.5, 0.6) is 17.2 Å². The average Bonchev–Trinajstić information content (AvgIpc) is 3.33. The summed E-state index contributed by atoms with van der Waals surface area (Å²) >= 11 is 3.23. The highest BCUT2D eigenvalue weighted by molar-refractivity contribution is 9.12. The first-order valence-electron chi connectivity index (χ1n) is 15.6. The maximum atomic E-state index is 14.1. The molecule has 0 saturated heterocycles. The molecule has 252 valence electrons. The summed E-state index contributed by atoms with van der Waals surface area (Å²) < 4.78 is 16.1. The summed E-state index contributed by atoms with van der Waals surface area (Å²) in [5.74, 6) is -0.342. The standard InChI is InChI=1S/C35H32BrN5O8/c1-16-10-18(11-17(2)31(16)43)29-19-6-9-40-34(46)39(35(47)41(40)24(19)12-20-30(29)26(42)13-21(36)32(20)44)8-7-22-33(45)38(3)25-15-28(49-5)27(48-4)14-23(25)37-22/h6,10-11,13-15,24,29,43H,7-9,12H2,1-5H3/t24-,29+/m1/s1. The number of Topliss-reactive ketones (excluding diaryl/α,β-unsaturated/α-hetero) is 1. The number of hydrogen-bond donors (Lipinski definition) is 1. The Bertz CT molecular complexity index is 2420. The van der Waals surface area contributed by atoms with Gasteiger partial charge in [0.05, 0.1) is 42.3 Å². The Labute approximate surface area is 287 Å². The number of aryl methyl sites for hydroxylation is 4. The first kappa shape index (κ1) is 32.3. The zero-order chi connectivity index (χ0) is 35.0. The number of aromatic hydroxyl groups is 1. The number of methoxy groups -OCH3 is 2. The average molecular weight is 731 g/mol. The van der Waals surface area contributed by atoms with Crippen molar-refractivity contribution in [2.45, 2.75) is 51.7 Å². The van der Waals surface area contributed by atoms with Gasteiger partial charge < -0.3 is 19.1 Å². The van der Waals surface area contributed by atoms with E-state index in [1.54, 1.807) is 45.2 Å². The summed E-state index contributed by atoms with van der Waals surface area (Å²) in [6.07, 6.45) is 3.14. The first-order valence-corrected chi connectivity index (χ1v) is 16.4. The number of fused-ring (bicyclic) bond motifs is 4. The van der Waals surface area contributed by atoms with Crippen molar-refractivity contribution >= 4 is 38.5 Å². The van der Waals surface area contributed by atoms with Crippen LogP contribution >= 0.6 is 15.9 Å². The Morgan fingerprint density at radius 1 is 0.980 bits per heavy atom. The third-order valence-corrected chi connectivity index (χ3v) is 10.3. The number of rotatable bonds is 6. The fraction of sp³-hybridized carbons (Fsp3) is 0.314. The molecule has 0 saturated carbocycles. The van der Waals surface area contributed by atoms with Crippen LogP contribution in [0.25, 0.3) is 11.0 Å². The predicted molar refractivity (Wildman–Crippen MR) is 183 cm³/mol. The second-order valence-electron chi connectivity index (χ2n) is 12.5. The zero-order valence-electron chi connectivity index (χ0n) is 27.4. The smallest absolute Gasteiger partial charge is 0.347 e. The van der Waals surface area contributed by atoms with Crippen molar-refractivity contribution in [1.82, 2.24) is 23.5 Å². The van der Waals surface area contributed by atoms with E-state index >= 15 is 0 Å². The lowest BCUT2D eigenvalue weighted by atomic mass is 9.68. The molecule has 14 heteroatoms. The van der Waals surface area contributed by atoms with E-state index < -0.39 is 23.3 Å². The molecule has 0 radical (unpaired) electrons. The Morgan fingerprint density at radius 3 is 2.33 bits per heavy atom. The van der Waals surface area contributed by atoms with Crippen LogP contribution in [0.15, 0.2) is 72.0 Å². The number of halogens is 1. The molecular formula is C35H32BrN5O8. The maximum absolute atomic E-state index is 14.1. The Kier molecular flexibility index (Phi) is 7.73. The van der Waals surface area contributed by atoms with Gasteiger partial charge in [0.15, 0.2) is 23.1 Å². The Balaban J connectivity index is 1.30. The van der Waals surface area contributed by atoms with Gasteiger partial charge in [-0.15, -0.1) is 0 Å². The molecule has 0 spiro atoms. The summed E-state index contributed by atoms with van der Waals surface area (Å²) in [7, 11) is 4.60. The number of carbonyl (C=O) groups is 2. The van der Waals surface area contributed by atoms with Gasteiger partial charge in [-0.05, 0) is 52.0 Å². The van der Waals surface area contributed by atoms with Crippen molar-refractivity contribution in [3.05, 3.63) is 111 Å². The molecular weight excluding hydrogens is 698 g/mol. The second kappa shape index (κ2) is 11.7. The quantitative estimate of drug-likeness (QED) is 0.233. The number of ketones is 2. The number of phenolic OH excluding ortho intramolecular Hbond substituents is 1. The van der Waals surface area contributed by atoms with Gasteiger partial charge in [-0.3, -0.25) is 14.4 Å². The normalized spacial score (nSPS) is 18.6. The van der Waals surface area contributed by atoms with E-state index in [0.717, 1.165) is 4.57 Å². The number of aromatic nitrogens is 5. The molecule has 2 aromatic heterocycles. The molecule has 0 bridgehead atoms. The topological polar surface area (TPSA) is 157 Å². The first-order chi connectivity index (χ1) is 23.4. The maximum Gasteiger partial charge on any atom is 0.347 e. The molecule has 0 unspecified atom stereocenters. The van der Waals surface area contributed by atoms with E-state index in [4.69, 9.17) is 9.47 Å². The van der Waals surface area contributed by atoms with E-state index in [2.05, 4.69) is 20.9 Å². The number of phenols is 1. The van der Waals surface area contributed by atoms with Crippen molar-refractivity contribution < 1.29 is 24.2 Å². The van der Waals surface area contributed by atoms with E-state index in [-0.39, 0.29) is 64.6 Å². The number of ether oxygens (including phenoxy) is 2. The Morgan fingerprint density at radius 2 is 1.65 bits per heavy atom. The molecule has 13 nitrogen and oxygen atoms in total. The highest BCUT2D eigenvalue weighted by atomic mass is 79.9. The molecule has 1 aliphatic heterocycles. The second-order valence-corrected chi connectivity index (χ2v) is 13.3. The number of carbonyl (C=O) groups excluding carboxylic acids is 2. The zero-order valence-corrected chi connectivity index (χ0v) is 29.0. The van der Waals surface area contributed by atoms with Crippen LogP contribution in [-0.2, 0) is 36.1 Å². The fourth-order valence-corrected chi connectivity index (χ4v) is 7.79. The number of benzene rings is 2. The van der Waals surface area contributed by atoms with Crippen molar-refractivity contribution in [3.63, 3.8) is 0 Å². The molecule has 0 amide bonds. The lowest BCUT2D eigenvalue weighted by Gasteiger charge is -2.39. The molecule has 1 N–H and O–H groups in total. The lowest BCUT2D eigenvalue weighted by Crippen LogP contribution is -2.40. The molecule has 4 aromatic rings. The molecule has 7 rings (SSSR count). The van der Waals surface area contributed by atoms with Crippen LogP contribution in [-0.4, -0.2) is 54.4 Å². The lowest BCUT2D eigenvalue weighted by molar-refractivity contribution is -0.115. The van der Waals surface area contributed by atoms with Crippen LogP contribution in [0.4, 0.5) is 0 Å². The number of nitrogens with zero attached hydrogens (tertiary/aromatic N) is 5. The van der Waals surface area contributed by atoms with E-state index in [0.29, 0.717) is 50.4 Å². The highest BCUT2D eigenvalue weighted by Gasteiger charge is 2.45. The van der Waals surface area contributed by atoms with Crippen LogP contribution in [0.3, 0.4) is 0 Å². The molecule has 2 aliphatic carbocycles. The van der Waals surface area contributed by atoms with Crippen LogP contribution in [0.2, 0.25) is 0 Å². The summed E-state index contributed by atoms with van der Waals surface area (Å²) in [5.41, 5.74) is 2.83. The minimum atomic E-state index is -0.738. The summed E-state index contributed by atoms with van der Waals surface area (Å²) in [4.78, 5) is 72.7. The summed E-state index contributed by atoms with van der Waals surface area (Å²) in [6.45, 7) is 3.46. The summed E-state index contributed by atoms with van der Waals surface area (Å²) in [5, 5.41) is 10.5. The Hall–Kier alpha value is -5.24. The van der Waals surface area contributed by atoms with Gasteiger partial charge in [-0.25, -0.2) is 28.5 Å². The van der Waals surface area contributed by atoms with Crippen molar-refractivity contribution in [2.75, 3.05) is 14.2 Å². The molecule has 49 heavy (non-hydrogen) atoms. The largest absolute Gasteiger partial charge is 0.507 e. The van der Waals surface area contributed by atoms with Crippen LogP contribution in [0.1, 0.15) is 40.8 Å². The van der Waals surface area contributed by atoms with Crippen molar-refractivity contribution in [2.24, 2.45) is 7.05 Å². The highest BCUT2D eigenvalue weighted by Crippen LogP contribution is 2.50. The fourth-order valence-electron chi connectivity index (χ4n) is 7.34. The molecule has 2 atom stereocenters. The predicted octanol–water partition coefficient (Wildman–Crippen LogP) is 3.04. The third kappa shape index (κ3) is 4.87. The van der Waals surface area contributed by atoms with Gasteiger partial charge in [0.2, 0.25) is 0 Å². The van der Waals surface area contributed by atoms with Crippen LogP contribution < -0.4 is 26.4 Å². The van der Waals surface area contributed by atoms with E-state index in [1.807, 2.05) is 6.08 Å². The van der Waals surface area contributed by atoms with Gasteiger partial charge in [0.1, 0.15) is 11.4 Å². The van der Waals surface area contributed by atoms with Gasteiger partial charge in [0, 0.05) is 61.7 Å². The molecule has 3 aliphatic rings. The monoisotopic (exact) mass is 729 g/mol. The van der Waals surface area contributed by atoms with E-state index in [1.165, 1.54) is 34.2 Å².